The number of para-hydroxylation sites is 1. The van der Waals surface area contributed by atoms with Crippen molar-refractivity contribution in [1.82, 2.24) is 4.98 Å². The Morgan fingerprint density at radius 3 is 2.19 bits per heavy atom. The number of hydrogen-bond donors (Lipinski definition) is 3. The number of pyridine rings is 1. The topological polar surface area (TPSA) is 100 Å². The fraction of sp³-hybridized carbons (Fsp3) is 0.0714. The second kappa shape index (κ2) is 9.31. The molecule has 3 N–H and O–H groups in total. The molecule has 180 valence electrons. The summed E-state index contributed by atoms with van der Waals surface area (Å²) in [6, 6.07) is 27.0. The lowest BCUT2D eigenvalue weighted by Gasteiger charge is -2.16. The maximum atomic E-state index is 12.6. The van der Waals surface area contributed by atoms with Crippen molar-refractivity contribution in [2.75, 3.05) is 15.4 Å². The molecule has 0 unspecified atom stereocenters. The summed E-state index contributed by atoms with van der Waals surface area (Å²) in [5.74, 6) is -0.146. The Morgan fingerprint density at radius 1 is 0.778 bits per heavy atom. The number of benzene rings is 4. The van der Waals surface area contributed by atoms with Gasteiger partial charge in [-0.2, -0.15) is 0 Å². The van der Waals surface area contributed by atoms with E-state index in [4.69, 9.17) is 4.98 Å². The Labute approximate surface area is 209 Å². The van der Waals surface area contributed by atoms with Crippen LogP contribution in [0.4, 0.5) is 22.7 Å². The molecule has 36 heavy (non-hydrogen) atoms. The van der Waals surface area contributed by atoms with Gasteiger partial charge in [-0.1, -0.05) is 36.4 Å². The summed E-state index contributed by atoms with van der Waals surface area (Å²) in [4.78, 5) is 16.6. The smallest absolute Gasteiger partial charge is 0.261 e. The third-order valence-corrected chi connectivity index (χ3v) is 7.18. The second-order valence-electron chi connectivity index (χ2n) is 8.49. The minimum atomic E-state index is -3.67. The summed E-state index contributed by atoms with van der Waals surface area (Å²) in [6.07, 6.45) is 0. The number of aryl methyl sites for hydroxylation is 1. The summed E-state index contributed by atoms with van der Waals surface area (Å²) < 4.78 is 27.9. The average Bonchev–Trinajstić information content (AvgIpc) is 2.85. The summed E-state index contributed by atoms with van der Waals surface area (Å²) in [7, 11) is -3.67. The minimum absolute atomic E-state index is 0.146. The lowest BCUT2D eigenvalue weighted by Crippen LogP contribution is -2.12. The minimum Gasteiger partial charge on any atom is -0.354 e. The van der Waals surface area contributed by atoms with Crippen LogP contribution in [-0.4, -0.2) is 19.3 Å². The lowest BCUT2D eigenvalue weighted by atomic mass is 10.0. The number of hydrogen-bond acceptors (Lipinski definition) is 5. The molecule has 0 atom stereocenters. The van der Waals surface area contributed by atoms with Crippen molar-refractivity contribution in [1.29, 1.82) is 0 Å². The predicted octanol–water partition coefficient (Wildman–Crippen LogP) is 6.20. The van der Waals surface area contributed by atoms with E-state index in [1.165, 1.54) is 6.92 Å². The van der Waals surface area contributed by atoms with E-state index in [-0.39, 0.29) is 10.8 Å². The van der Waals surface area contributed by atoms with E-state index in [1.54, 1.807) is 42.5 Å². The quantitative estimate of drug-likeness (QED) is 0.243. The van der Waals surface area contributed by atoms with Crippen LogP contribution in [0.15, 0.2) is 95.9 Å². The zero-order valence-corrected chi connectivity index (χ0v) is 20.6. The molecule has 1 heterocycles. The molecule has 0 radical (unpaired) electrons. The Kier molecular flexibility index (Phi) is 6.03. The fourth-order valence-electron chi connectivity index (χ4n) is 4.11. The highest BCUT2D eigenvalue weighted by atomic mass is 32.2. The van der Waals surface area contributed by atoms with E-state index in [2.05, 4.69) is 15.4 Å². The van der Waals surface area contributed by atoms with Crippen molar-refractivity contribution in [3.63, 3.8) is 0 Å². The Balaban J connectivity index is 1.51. The largest absolute Gasteiger partial charge is 0.354 e. The van der Waals surface area contributed by atoms with Crippen LogP contribution < -0.4 is 15.4 Å². The SMILES string of the molecule is CC(=O)Nc1ccc2c(Nc3ccc(NS(=O)(=O)c4ccccc4)cc3)c3cccc(C)c3nc2c1. The van der Waals surface area contributed by atoms with Gasteiger partial charge in [0.2, 0.25) is 5.91 Å². The number of anilines is 4. The maximum absolute atomic E-state index is 12.6. The first-order chi connectivity index (χ1) is 17.3. The maximum Gasteiger partial charge on any atom is 0.261 e. The normalized spacial score (nSPS) is 11.4. The Bertz CT molecular complexity index is 1700. The summed E-state index contributed by atoms with van der Waals surface area (Å²) >= 11 is 0. The fourth-order valence-corrected chi connectivity index (χ4v) is 5.19. The zero-order chi connectivity index (χ0) is 25.3. The highest BCUT2D eigenvalue weighted by Gasteiger charge is 2.15. The van der Waals surface area contributed by atoms with E-state index < -0.39 is 10.0 Å². The van der Waals surface area contributed by atoms with Gasteiger partial charge in [0.25, 0.3) is 10.0 Å². The third kappa shape index (κ3) is 4.71. The van der Waals surface area contributed by atoms with Gasteiger partial charge in [-0.15, -0.1) is 0 Å². The Hall–Kier alpha value is -4.43. The van der Waals surface area contributed by atoms with Crippen LogP contribution in [0.2, 0.25) is 0 Å². The van der Waals surface area contributed by atoms with Crippen LogP contribution >= 0.6 is 0 Å². The first-order valence-electron chi connectivity index (χ1n) is 11.4. The number of carbonyl (C=O) groups is 1. The highest BCUT2D eigenvalue weighted by molar-refractivity contribution is 7.92. The van der Waals surface area contributed by atoms with E-state index in [1.807, 2.05) is 55.5 Å². The summed E-state index contributed by atoms with van der Waals surface area (Å²) in [6.45, 7) is 3.48. The number of fused-ring (bicyclic) bond motifs is 2. The highest BCUT2D eigenvalue weighted by Crippen LogP contribution is 2.35. The molecule has 0 bridgehead atoms. The average molecular weight is 497 g/mol. The molecule has 0 fully saturated rings. The van der Waals surface area contributed by atoms with Gasteiger partial charge in [0.05, 0.1) is 21.6 Å². The predicted molar refractivity (Wildman–Crippen MR) is 145 cm³/mol. The summed E-state index contributed by atoms with van der Waals surface area (Å²) in [5.41, 5.74) is 5.45. The van der Waals surface area contributed by atoms with Crippen LogP contribution in [0.5, 0.6) is 0 Å². The van der Waals surface area contributed by atoms with E-state index in [0.717, 1.165) is 38.7 Å². The molecule has 8 heteroatoms. The second-order valence-corrected chi connectivity index (χ2v) is 10.2. The monoisotopic (exact) mass is 496 g/mol. The molecule has 4 aromatic carbocycles. The molecule has 0 saturated carbocycles. The zero-order valence-electron chi connectivity index (χ0n) is 19.7. The van der Waals surface area contributed by atoms with E-state index >= 15 is 0 Å². The number of carbonyl (C=O) groups excluding carboxylic acids is 1. The Morgan fingerprint density at radius 2 is 1.47 bits per heavy atom. The van der Waals surface area contributed by atoms with Gasteiger partial charge in [-0.05, 0) is 67.1 Å². The number of rotatable bonds is 6. The van der Waals surface area contributed by atoms with Gasteiger partial charge in [0, 0.05) is 34.8 Å². The molecule has 1 amide bonds. The van der Waals surface area contributed by atoms with E-state index in [0.29, 0.717) is 11.4 Å². The number of sulfonamides is 1. The molecule has 0 aliphatic heterocycles. The van der Waals surface area contributed by atoms with Crippen molar-refractivity contribution in [3.8, 4) is 0 Å². The van der Waals surface area contributed by atoms with Gasteiger partial charge in [-0.3, -0.25) is 9.52 Å². The molecule has 0 aliphatic rings. The van der Waals surface area contributed by atoms with Crippen molar-refractivity contribution < 1.29 is 13.2 Å². The molecule has 0 spiro atoms. The molecular formula is C28H24N4O3S. The molecule has 5 rings (SSSR count). The molecular weight excluding hydrogens is 472 g/mol. The van der Waals surface area contributed by atoms with Crippen molar-refractivity contribution >= 4 is 60.5 Å². The van der Waals surface area contributed by atoms with Crippen LogP contribution in [0.25, 0.3) is 21.8 Å². The molecule has 5 aromatic rings. The van der Waals surface area contributed by atoms with Gasteiger partial charge in [0.1, 0.15) is 0 Å². The van der Waals surface area contributed by atoms with Gasteiger partial charge < -0.3 is 10.6 Å². The molecule has 1 aromatic heterocycles. The third-order valence-electron chi connectivity index (χ3n) is 5.79. The van der Waals surface area contributed by atoms with Gasteiger partial charge in [0.15, 0.2) is 0 Å². The summed E-state index contributed by atoms with van der Waals surface area (Å²) in [5, 5.41) is 8.17. The van der Waals surface area contributed by atoms with Crippen molar-refractivity contribution in [2.45, 2.75) is 18.7 Å². The lowest BCUT2D eigenvalue weighted by molar-refractivity contribution is -0.114. The molecule has 7 nitrogen and oxygen atoms in total. The van der Waals surface area contributed by atoms with Crippen LogP contribution in [0, 0.1) is 6.92 Å². The van der Waals surface area contributed by atoms with Crippen LogP contribution in [-0.2, 0) is 14.8 Å². The van der Waals surface area contributed by atoms with Crippen molar-refractivity contribution in [2.24, 2.45) is 0 Å². The van der Waals surface area contributed by atoms with Gasteiger partial charge in [-0.25, -0.2) is 13.4 Å². The number of nitrogens with zero attached hydrogens (tertiary/aromatic N) is 1. The van der Waals surface area contributed by atoms with Gasteiger partial charge >= 0.3 is 0 Å². The van der Waals surface area contributed by atoms with E-state index in [9.17, 15) is 13.2 Å². The number of amides is 1. The number of aromatic nitrogens is 1. The van der Waals surface area contributed by atoms with Crippen LogP contribution in [0.3, 0.4) is 0 Å². The molecule has 0 saturated heterocycles. The first kappa shape index (κ1) is 23.3. The molecule has 0 aliphatic carbocycles. The van der Waals surface area contributed by atoms with Crippen LogP contribution in [0.1, 0.15) is 12.5 Å². The van der Waals surface area contributed by atoms with Crippen molar-refractivity contribution in [3.05, 3.63) is 96.6 Å². The first-order valence-corrected chi connectivity index (χ1v) is 12.8. The standard InChI is InChI=1S/C28H24N4O3S/c1-18-7-6-10-25-27(18)31-26-17-22(29-19(2)33)15-16-24(26)28(25)30-20-11-13-21(14-12-20)32-36(34,35)23-8-4-3-5-9-23/h3-17,32H,1-2H3,(H,29,33)(H,30,31). The number of nitrogens with one attached hydrogen (secondary N) is 3.